The van der Waals surface area contributed by atoms with Crippen LogP contribution in [0.1, 0.15) is 11.4 Å². The molecule has 0 unspecified atom stereocenters. The van der Waals surface area contributed by atoms with E-state index in [9.17, 15) is 21.6 Å². The van der Waals surface area contributed by atoms with Crippen LogP contribution in [0.2, 0.25) is 5.15 Å². The highest BCUT2D eigenvalue weighted by Gasteiger charge is 2.31. The van der Waals surface area contributed by atoms with Crippen molar-refractivity contribution in [1.29, 1.82) is 0 Å². The lowest BCUT2D eigenvalue weighted by Crippen LogP contribution is -2.24. The van der Waals surface area contributed by atoms with E-state index < -0.39 is 21.8 Å². The molecule has 0 saturated heterocycles. The molecule has 25 heavy (non-hydrogen) atoms. The van der Waals surface area contributed by atoms with Gasteiger partial charge < -0.3 is 0 Å². The zero-order valence-corrected chi connectivity index (χ0v) is 14.1. The van der Waals surface area contributed by atoms with E-state index in [0.29, 0.717) is 0 Å². The number of hydrogen-bond acceptors (Lipinski definition) is 5. The van der Waals surface area contributed by atoms with Crippen molar-refractivity contribution in [2.45, 2.75) is 17.6 Å². The number of sulfonamides is 1. The number of nitrogens with zero attached hydrogens (tertiary/aromatic N) is 5. The van der Waals surface area contributed by atoms with Gasteiger partial charge in [-0.15, -0.1) is 10.2 Å². The Bertz CT molecular complexity index is 1040. The van der Waals surface area contributed by atoms with Crippen LogP contribution in [0, 0.1) is 0 Å². The van der Waals surface area contributed by atoms with Crippen molar-refractivity contribution in [3.8, 4) is 0 Å². The van der Waals surface area contributed by atoms with Crippen molar-refractivity contribution >= 4 is 27.3 Å². The normalized spacial score (nSPS) is 12.8. The fraction of sp³-hybridized carbons (Fsp3) is 0.250. The Hall–Kier alpha value is -2.18. The molecule has 0 aromatic carbocycles. The molecule has 0 atom stereocenters. The minimum Gasteiger partial charge on any atom is -0.285 e. The minimum atomic E-state index is -4.51. The van der Waals surface area contributed by atoms with E-state index in [1.54, 1.807) is 0 Å². The first-order chi connectivity index (χ1) is 11.6. The topological polar surface area (TPSA) is 94.2 Å². The maximum Gasteiger partial charge on any atom is 0.416 e. The quantitative estimate of drug-likeness (QED) is 0.725. The summed E-state index contributed by atoms with van der Waals surface area (Å²) < 4.78 is 67.2. The molecule has 1 N–H and O–H groups in total. The zero-order valence-electron chi connectivity index (χ0n) is 12.5. The predicted molar refractivity (Wildman–Crippen MR) is 80.2 cm³/mol. The van der Waals surface area contributed by atoms with Gasteiger partial charge in [-0.05, 0) is 12.1 Å². The van der Waals surface area contributed by atoms with Gasteiger partial charge in [-0.3, -0.25) is 9.08 Å². The molecule has 0 fully saturated rings. The Kier molecular flexibility index (Phi) is 4.21. The summed E-state index contributed by atoms with van der Waals surface area (Å²) >= 11 is 5.85. The minimum absolute atomic E-state index is 0.0524. The van der Waals surface area contributed by atoms with E-state index in [0.717, 1.165) is 24.5 Å². The summed E-state index contributed by atoms with van der Waals surface area (Å²) in [6.45, 7) is -0.292. The van der Waals surface area contributed by atoms with Crippen LogP contribution >= 0.6 is 11.6 Å². The van der Waals surface area contributed by atoms with Crippen molar-refractivity contribution in [3.05, 3.63) is 41.1 Å². The number of aryl methyl sites for hydroxylation is 1. The van der Waals surface area contributed by atoms with Gasteiger partial charge in [-0.25, -0.2) is 13.1 Å². The molecule has 3 aromatic rings. The van der Waals surface area contributed by atoms with Crippen molar-refractivity contribution in [2.75, 3.05) is 0 Å². The number of rotatable bonds is 4. The lowest BCUT2D eigenvalue weighted by atomic mass is 10.2. The zero-order chi connectivity index (χ0) is 18.4. The second-order valence-corrected chi connectivity index (χ2v) is 7.10. The van der Waals surface area contributed by atoms with Crippen molar-refractivity contribution < 1.29 is 21.6 Å². The number of alkyl halides is 3. The number of hydrogen-bond donors (Lipinski definition) is 1. The molecule has 0 saturated carbocycles. The molecule has 0 amide bonds. The summed E-state index contributed by atoms with van der Waals surface area (Å²) in [5, 5.41) is 11.0. The molecule has 0 aliphatic heterocycles. The number of halogens is 4. The van der Waals surface area contributed by atoms with Crippen LogP contribution in [-0.2, 0) is 29.8 Å². The van der Waals surface area contributed by atoms with E-state index in [1.165, 1.54) is 16.1 Å². The Labute approximate surface area is 144 Å². The number of nitrogens with one attached hydrogen (secondary N) is 1. The van der Waals surface area contributed by atoms with Crippen LogP contribution in [0.4, 0.5) is 13.2 Å². The summed E-state index contributed by atoms with van der Waals surface area (Å²) in [6.07, 6.45) is -2.30. The Morgan fingerprint density at radius 2 is 2.04 bits per heavy atom. The molecule has 8 nitrogen and oxygen atoms in total. The van der Waals surface area contributed by atoms with Crippen LogP contribution in [0.25, 0.3) is 5.65 Å². The van der Waals surface area contributed by atoms with E-state index in [2.05, 4.69) is 20.0 Å². The third-order valence-corrected chi connectivity index (χ3v) is 5.32. The number of fused-ring (bicyclic) bond motifs is 1. The number of aromatic nitrogens is 5. The molecule has 3 rings (SSSR count). The highest BCUT2D eigenvalue weighted by atomic mass is 35.5. The first kappa shape index (κ1) is 17.6. The van der Waals surface area contributed by atoms with Gasteiger partial charge in [0.05, 0.1) is 18.3 Å². The second-order valence-electron chi connectivity index (χ2n) is 5.01. The first-order valence-electron chi connectivity index (χ1n) is 6.67. The van der Waals surface area contributed by atoms with Crippen LogP contribution < -0.4 is 4.72 Å². The highest BCUT2D eigenvalue weighted by Crippen LogP contribution is 2.29. The Balaban J connectivity index is 1.85. The summed E-state index contributed by atoms with van der Waals surface area (Å²) in [5.74, 6) is 0.118. The Morgan fingerprint density at radius 1 is 1.32 bits per heavy atom. The summed E-state index contributed by atoms with van der Waals surface area (Å²) in [4.78, 5) is -0.218. The van der Waals surface area contributed by atoms with E-state index >= 15 is 0 Å². The summed E-state index contributed by atoms with van der Waals surface area (Å²) in [6, 6.07) is 1.68. The average molecular weight is 395 g/mol. The monoisotopic (exact) mass is 394 g/mol. The lowest BCUT2D eigenvalue weighted by molar-refractivity contribution is -0.137. The average Bonchev–Trinajstić information content (AvgIpc) is 3.08. The smallest absolute Gasteiger partial charge is 0.285 e. The molecule has 0 radical (unpaired) electrons. The maximum absolute atomic E-state index is 12.7. The van der Waals surface area contributed by atoms with Crippen LogP contribution in [0.3, 0.4) is 0 Å². The standard InChI is InChI=1S/C12H10ClF3N6O2S/c1-21-11(13)8(5-17-21)25(23,24)18-6-10-20-19-9-4-7(12(14,15)16)2-3-22(9)10/h2-5,18H,6H2,1H3. The maximum atomic E-state index is 12.7. The van der Waals surface area contributed by atoms with Gasteiger partial charge in [-0.2, -0.15) is 18.3 Å². The van der Waals surface area contributed by atoms with Gasteiger partial charge in [0.25, 0.3) is 0 Å². The van der Waals surface area contributed by atoms with Gasteiger partial charge in [-0.1, -0.05) is 11.6 Å². The van der Waals surface area contributed by atoms with Gasteiger partial charge in [0.2, 0.25) is 10.0 Å². The van der Waals surface area contributed by atoms with Gasteiger partial charge >= 0.3 is 6.18 Å². The van der Waals surface area contributed by atoms with Gasteiger partial charge in [0.15, 0.2) is 11.5 Å². The van der Waals surface area contributed by atoms with Crippen molar-refractivity contribution in [3.63, 3.8) is 0 Å². The van der Waals surface area contributed by atoms with Crippen molar-refractivity contribution in [2.24, 2.45) is 7.05 Å². The molecule has 3 heterocycles. The molecule has 13 heteroatoms. The van der Waals surface area contributed by atoms with E-state index in [4.69, 9.17) is 11.6 Å². The molecule has 0 bridgehead atoms. The molecular weight excluding hydrogens is 385 g/mol. The Morgan fingerprint density at radius 3 is 2.64 bits per heavy atom. The summed E-state index contributed by atoms with van der Waals surface area (Å²) in [7, 11) is -2.49. The van der Waals surface area contributed by atoms with E-state index in [-0.39, 0.29) is 28.1 Å². The SMILES string of the molecule is Cn1ncc(S(=O)(=O)NCc2nnc3cc(C(F)(F)F)ccn23)c1Cl. The molecule has 0 aliphatic carbocycles. The lowest BCUT2D eigenvalue weighted by Gasteiger charge is -2.07. The van der Waals surface area contributed by atoms with Crippen molar-refractivity contribution in [1.82, 2.24) is 29.1 Å². The molecule has 0 aliphatic rings. The fourth-order valence-electron chi connectivity index (χ4n) is 2.06. The molecule has 134 valence electrons. The highest BCUT2D eigenvalue weighted by molar-refractivity contribution is 7.89. The fourth-order valence-corrected chi connectivity index (χ4v) is 3.47. The third-order valence-electron chi connectivity index (χ3n) is 3.35. The van der Waals surface area contributed by atoms with Crippen LogP contribution in [-0.4, -0.2) is 32.8 Å². The largest absolute Gasteiger partial charge is 0.416 e. The predicted octanol–water partition coefficient (Wildman–Crippen LogP) is 1.61. The van der Waals surface area contributed by atoms with E-state index in [1.807, 2.05) is 0 Å². The van der Waals surface area contributed by atoms with Gasteiger partial charge in [0.1, 0.15) is 10.0 Å². The first-order valence-corrected chi connectivity index (χ1v) is 8.54. The van der Waals surface area contributed by atoms with Gasteiger partial charge in [0, 0.05) is 13.2 Å². The third kappa shape index (κ3) is 3.32. The number of pyridine rings is 1. The summed E-state index contributed by atoms with van der Waals surface area (Å²) in [5.41, 5.74) is -0.926. The molecule has 3 aromatic heterocycles. The molecule has 0 spiro atoms. The van der Waals surface area contributed by atoms with Crippen LogP contribution in [0.5, 0.6) is 0 Å². The van der Waals surface area contributed by atoms with Crippen LogP contribution in [0.15, 0.2) is 29.4 Å². The second kappa shape index (κ2) is 5.97. The molecular formula is C12H10ClF3N6O2S.